The fraction of sp³-hybridized carbons (Fsp3) is 0.917. The van der Waals surface area contributed by atoms with Crippen LogP contribution in [0.4, 0.5) is 13.2 Å². The minimum atomic E-state index is -4.37. The van der Waals surface area contributed by atoms with Gasteiger partial charge in [0.15, 0.2) is 0 Å². The van der Waals surface area contributed by atoms with E-state index >= 15 is 0 Å². The summed E-state index contributed by atoms with van der Waals surface area (Å²) in [7, 11) is -3.96. The molecule has 20 heavy (non-hydrogen) atoms. The number of carbonyl (C=O) groups is 1. The highest BCUT2D eigenvalue weighted by Gasteiger charge is 2.43. The minimum absolute atomic E-state index is 0.241. The van der Waals surface area contributed by atoms with Crippen LogP contribution in [0.5, 0.6) is 0 Å². The predicted octanol–water partition coefficient (Wildman–Crippen LogP) is 2.21. The van der Waals surface area contributed by atoms with Crippen LogP contribution in [0.15, 0.2) is 0 Å². The van der Waals surface area contributed by atoms with E-state index in [1.54, 1.807) is 0 Å². The number of rotatable bonds is 5. The smallest absolute Gasteiger partial charge is 0.274 e. The van der Waals surface area contributed by atoms with Crippen molar-refractivity contribution in [3.05, 3.63) is 0 Å². The van der Waals surface area contributed by atoms with Crippen LogP contribution >= 0.6 is 0 Å². The van der Waals surface area contributed by atoms with Gasteiger partial charge in [0.25, 0.3) is 0 Å². The van der Waals surface area contributed by atoms with Gasteiger partial charge in [-0.1, -0.05) is 6.42 Å². The summed E-state index contributed by atoms with van der Waals surface area (Å²) >= 11 is 0. The first-order valence-corrected chi connectivity index (χ1v) is 8.42. The summed E-state index contributed by atoms with van der Waals surface area (Å²) in [5.74, 6) is -0.747. The Bertz CT molecular complexity index is 475. The molecule has 0 aromatic heterocycles. The number of carbonyl (C=O) groups excluding carboxylic acids is 1. The van der Waals surface area contributed by atoms with E-state index in [1.807, 2.05) is 4.72 Å². The number of sulfonamides is 1. The molecule has 2 fully saturated rings. The van der Waals surface area contributed by atoms with Crippen molar-refractivity contribution in [3.63, 3.8) is 0 Å². The molecule has 8 heteroatoms. The Balaban J connectivity index is 1.81. The molecule has 0 aromatic carbocycles. The third-order valence-corrected chi connectivity index (χ3v) is 5.54. The first kappa shape index (κ1) is 15.6. The lowest BCUT2D eigenvalue weighted by atomic mass is 9.88. The number of fused-ring (bicyclic) bond motifs is 2. The van der Waals surface area contributed by atoms with Crippen molar-refractivity contribution < 1.29 is 26.4 Å². The molecule has 2 aliphatic carbocycles. The molecule has 1 N–H and O–H groups in total. The van der Waals surface area contributed by atoms with Gasteiger partial charge < -0.3 is 0 Å². The second-order valence-corrected chi connectivity index (χ2v) is 7.63. The SMILES string of the molecule is O=C(NS(=O)(=O)CCCC(F)(F)F)C1CC2CCC1C2. The van der Waals surface area contributed by atoms with Gasteiger partial charge in [0.05, 0.1) is 5.75 Å². The van der Waals surface area contributed by atoms with Gasteiger partial charge in [0, 0.05) is 12.3 Å². The zero-order chi connectivity index (χ0) is 15.0. The maximum absolute atomic E-state index is 12.0. The van der Waals surface area contributed by atoms with Gasteiger partial charge in [-0.3, -0.25) is 9.52 Å². The van der Waals surface area contributed by atoms with E-state index in [9.17, 15) is 26.4 Å². The molecule has 2 aliphatic rings. The number of alkyl halides is 3. The molecule has 2 bridgehead atoms. The summed E-state index contributed by atoms with van der Waals surface area (Å²) in [5.41, 5.74) is 0. The Hall–Kier alpha value is -0.790. The molecule has 0 aromatic rings. The largest absolute Gasteiger partial charge is 0.389 e. The van der Waals surface area contributed by atoms with Crippen LogP contribution < -0.4 is 4.72 Å². The second-order valence-electron chi connectivity index (χ2n) is 5.79. The van der Waals surface area contributed by atoms with E-state index in [1.165, 1.54) is 0 Å². The number of hydrogen-bond acceptors (Lipinski definition) is 3. The Morgan fingerprint density at radius 1 is 1.20 bits per heavy atom. The molecule has 4 nitrogen and oxygen atoms in total. The van der Waals surface area contributed by atoms with Gasteiger partial charge in [0.2, 0.25) is 15.9 Å². The van der Waals surface area contributed by atoms with E-state index in [2.05, 4.69) is 0 Å². The summed E-state index contributed by atoms with van der Waals surface area (Å²) in [6.07, 6.45) is -2.35. The number of nitrogens with one attached hydrogen (secondary N) is 1. The van der Waals surface area contributed by atoms with Crippen molar-refractivity contribution in [2.75, 3.05) is 5.75 Å². The van der Waals surface area contributed by atoms with Crippen LogP contribution in [0, 0.1) is 17.8 Å². The molecule has 1 amide bonds. The summed E-state index contributed by atoms with van der Waals surface area (Å²) in [6.45, 7) is 0. The van der Waals surface area contributed by atoms with Gasteiger partial charge in [-0.2, -0.15) is 13.2 Å². The fourth-order valence-electron chi connectivity index (χ4n) is 3.31. The van der Waals surface area contributed by atoms with Crippen LogP contribution in [-0.2, 0) is 14.8 Å². The van der Waals surface area contributed by atoms with E-state index in [4.69, 9.17) is 0 Å². The first-order valence-electron chi connectivity index (χ1n) is 6.77. The number of amides is 1. The molecule has 2 saturated carbocycles. The highest BCUT2D eigenvalue weighted by Crippen LogP contribution is 2.48. The predicted molar refractivity (Wildman–Crippen MR) is 66.2 cm³/mol. The zero-order valence-electron chi connectivity index (χ0n) is 10.9. The van der Waals surface area contributed by atoms with Crippen LogP contribution in [-0.4, -0.2) is 26.3 Å². The lowest BCUT2D eigenvalue weighted by molar-refractivity contribution is -0.134. The lowest BCUT2D eigenvalue weighted by Gasteiger charge is -2.20. The van der Waals surface area contributed by atoms with E-state index in [0.29, 0.717) is 12.3 Å². The first-order chi connectivity index (χ1) is 9.16. The van der Waals surface area contributed by atoms with Crippen LogP contribution in [0.3, 0.4) is 0 Å². The summed E-state index contributed by atoms with van der Waals surface area (Å²) < 4.78 is 61.0. The zero-order valence-corrected chi connectivity index (χ0v) is 11.8. The molecular formula is C12H18F3NO3S. The lowest BCUT2D eigenvalue weighted by Crippen LogP contribution is -2.39. The monoisotopic (exact) mass is 313 g/mol. The molecule has 3 unspecified atom stereocenters. The van der Waals surface area contributed by atoms with Crippen molar-refractivity contribution in [2.45, 2.75) is 44.7 Å². The number of halogens is 3. The second kappa shape index (κ2) is 5.54. The van der Waals surface area contributed by atoms with Gasteiger partial charge in [-0.25, -0.2) is 8.42 Å². The van der Waals surface area contributed by atoms with Crippen molar-refractivity contribution >= 4 is 15.9 Å². The van der Waals surface area contributed by atoms with Gasteiger partial charge in [0.1, 0.15) is 0 Å². The average molecular weight is 313 g/mol. The molecule has 2 rings (SSSR count). The maximum atomic E-state index is 12.0. The van der Waals surface area contributed by atoms with Gasteiger partial charge in [-0.15, -0.1) is 0 Å². The van der Waals surface area contributed by atoms with E-state index in [-0.39, 0.29) is 11.8 Å². The molecule has 116 valence electrons. The minimum Gasteiger partial charge on any atom is -0.274 e. The third kappa shape index (κ3) is 4.10. The molecule has 0 aliphatic heterocycles. The molecule has 0 heterocycles. The average Bonchev–Trinajstić information content (AvgIpc) is 2.87. The van der Waals surface area contributed by atoms with Crippen molar-refractivity contribution in [3.8, 4) is 0 Å². The van der Waals surface area contributed by atoms with Gasteiger partial charge >= 0.3 is 6.18 Å². The van der Waals surface area contributed by atoms with Crippen LogP contribution in [0.1, 0.15) is 38.5 Å². The molecule has 3 atom stereocenters. The Morgan fingerprint density at radius 2 is 1.90 bits per heavy atom. The quantitative estimate of drug-likeness (QED) is 0.846. The summed E-state index contributed by atoms with van der Waals surface area (Å²) in [4.78, 5) is 11.9. The molecule has 0 spiro atoms. The van der Waals surface area contributed by atoms with Gasteiger partial charge in [-0.05, 0) is 37.5 Å². The maximum Gasteiger partial charge on any atom is 0.389 e. The summed E-state index contributed by atoms with van der Waals surface area (Å²) in [6, 6.07) is 0. The van der Waals surface area contributed by atoms with Crippen molar-refractivity contribution in [1.82, 2.24) is 4.72 Å². The third-order valence-electron chi connectivity index (χ3n) is 4.20. The van der Waals surface area contributed by atoms with E-state index in [0.717, 1.165) is 19.3 Å². The standard InChI is InChI=1S/C12H18F3NO3S/c13-12(14,15)4-1-5-20(18,19)16-11(17)10-7-8-2-3-9(10)6-8/h8-10H,1-7H2,(H,16,17). The topological polar surface area (TPSA) is 63.2 Å². The normalized spacial score (nSPS) is 29.6. The Morgan fingerprint density at radius 3 is 2.40 bits per heavy atom. The molecule has 0 radical (unpaired) electrons. The van der Waals surface area contributed by atoms with Crippen LogP contribution in [0.2, 0.25) is 0 Å². The van der Waals surface area contributed by atoms with Crippen LogP contribution in [0.25, 0.3) is 0 Å². The van der Waals surface area contributed by atoms with Crippen molar-refractivity contribution in [2.24, 2.45) is 17.8 Å². The highest BCUT2D eigenvalue weighted by molar-refractivity contribution is 7.90. The van der Waals surface area contributed by atoms with E-state index < -0.39 is 40.7 Å². The molecule has 0 saturated heterocycles. The Kier molecular flexibility index (Phi) is 4.32. The number of hydrogen-bond donors (Lipinski definition) is 1. The highest BCUT2D eigenvalue weighted by atomic mass is 32.2. The summed E-state index contributed by atoms with van der Waals surface area (Å²) in [5, 5.41) is 0. The fourth-order valence-corrected chi connectivity index (χ4v) is 4.39. The van der Waals surface area contributed by atoms with Crippen molar-refractivity contribution in [1.29, 1.82) is 0 Å². The Labute approximate surface area is 116 Å². The molecular weight excluding hydrogens is 295 g/mol.